The van der Waals surface area contributed by atoms with Gasteiger partial charge >= 0.3 is 0 Å². The summed E-state index contributed by atoms with van der Waals surface area (Å²) in [5, 5.41) is 40.0. The fraction of sp³-hybridized carbons (Fsp3) is 0.143. The molecule has 2 aliphatic rings. The number of nitrogen functional groups attached to an aromatic ring is 2. The highest BCUT2D eigenvalue weighted by Gasteiger charge is 2.44. The van der Waals surface area contributed by atoms with Crippen molar-refractivity contribution in [1.29, 1.82) is 10.5 Å². The SMILES string of the molecule is N#C[C@@H]1C[C@H]1C(=O)Nc1cc2cc(-c3cnccc3-c3cn[nH]c3)nc(N)c2cn1.N#C[C@H]1C[C@@H]1C(=O)Nc1cc2cc(-c3cnccc3-c3cn[nH]c3)nc(N)c2cn1. The number of rotatable bonds is 8. The molecule has 0 aliphatic heterocycles. The highest BCUT2D eigenvalue weighted by molar-refractivity contribution is 6.00. The van der Waals surface area contributed by atoms with E-state index < -0.39 is 0 Å². The van der Waals surface area contributed by atoms with Crippen LogP contribution in [-0.2, 0) is 9.59 Å². The lowest BCUT2D eigenvalue weighted by atomic mass is 10.0. The number of carbonyl (C=O) groups is 2. The summed E-state index contributed by atoms with van der Waals surface area (Å²) in [5.74, 6) is 0.172. The van der Waals surface area contributed by atoms with E-state index in [1.54, 1.807) is 74.1 Å². The first-order valence-electron chi connectivity index (χ1n) is 18.7. The lowest BCUT2D eigenvalue weighted by Crippen LogP contribution is -2.15. The van der Waals surface area contributed by atoms with Crippen LogP contribution in [0.2, 0.25) is 0 Å². The Morgan fingerprint density at radius 2 is 1.08 bits per heavy atom. The number of H-pyrrole nitrogens is 2. The lowest BCUT2D eigenvalue weighted by Gasteiger charge is -2.11. The number of aromatic amines is 2. The topological polar surface area (TPSA) is 293 Å². The molecule has 8 N–H and O–H groups in total. The van der Waals surface area contributed by atoms with Crippen LogP contribution >= 0.6 is 0 Å². The molecule has 292 valence electrons. The van der Waals surface area contributed by atoms with Crippen LogP contribution in [0.1, 0.15) is 12.8 Å². The predicted molar refractivity (Wildman–Crippen MR) is 221 cm³/mol. The second-order valence-electron chi connectivity index (χ2n) is 14.3. The van der Waals surface area contributed by atoms with Crippen molar-refractivity contribution in [2.45, 2.75) is 12.8 Å². The van der Waals surface area contributed by atoms with Crippen LogP contribution in [0.25, 0.3) is 66.3 Å². The standard InChI is InChI=1S/2C21H16N8O/c2*22-6-12-3-15(12)21(30)29-19-5-11-4-18(28-20(23)16(11)10-25-19)17-9-24-2-1-14(17)13-7-26-27-8-13/h2*1-2,4-5,7-10,12,15H,3H2,(H2,23,28)(H,26,27)(H,25,29,30)/t2*12-,15+/m10/s1. The molecule has 8 aromatic heterocycles. The van der Waals surface area contributed by atoms with E-state index in [-0.39, 0.29) is 35.5 Å². The highest BCUT2D eigenvalue weighted by atomic mass is 16.2. The molecule has 10 rings (SSSR count). The molecule has 0 radical (unpaired) electrons. The number of anilines is 4. The van der Waals surface area contributed by atoms with E-state index in [2.05, 4.69) is 73.1 Å². The number of nitriles is 2. The Hall–Kier alpha value is -8.64. The van der Waals surface area contributed by atoms with Crippen LogP contribution in [0, 0.1) is 46.3 Å². The third-order valence-corrected chi connectivity index (χ3v) is 10.4. The molecule has 8 heterocycles. The molecular formula is C42H32N16O2. The van der Waals surface area contributed by atoms with E-state index in [0.717, 1.165) is 44.2 Å². The molecule has 0 aromatic carbocycles. The van der Waals surface area contributed by atoms with Crippen molar-refractivity contribution in [3.63, 3.8) is 0 Å². The number of fused-ring (bicyclic) bond motifs is 2. The molecule has 4 atom stereocenters. The van der Waals surface area contributed by atoms with Gasteiger partial charge in [-0.1, -0.05) is 0 Å². The lowest BCUT2D eigenvalue weighted by molar-refractivity contribution is -0.118. The average Bonchev–Trinajstić information content (AvgIpc) is 4.09. The summed E-state index contributed by atoms with van der Waals surface area (Å²) in [6.07, 6.45) is 18.3. The van der Waals surface area contributed by atoms with Crippen molar-refractivity contribution in [2.75, 3.05) is 22.1 Å². The van der Waals surface area contributed by atoms with Crippen molar-refractivity contribution in [3.05, 3.63) is 98.4 Å². The van der Waals surface area contributed by atoms with Gasteiger partial charge in [-0.3, -0.25) is 29.8 Å². The fourth-order valence-corrected chi connectivity index (χ4v) is 6.95. The fourth-order valence-electron chi connectivity index (χ4n) is 6.95. The Balaban J connectivity index is 0.000000154. The summed E-state index contributed by atoms with van der Waals surface area (Å²) in [6, 6.07) is 15.3. The zero-order valence-electron chi connectivity index (χ0n) is 31.4. The van der Waals surface area contributed by atoms with Crippen molar-refractivity contribution in [3.8, 4) is 56.9 Å². The minimum Gasteiger partial charge on any atom is -0.383 e. The molecule has 18 nitrogen and oxygen atoms in total. The van der Waals surface area contributed by atoms with E-state index in [1.165, 1.54) is 0 Å². The summed E-state index contributed by atoms with van der Waals surface area (Å²) in [4.78, 5) is 50.6. The van der Waals surface area contributed by atoms with Crippen LogP contribution in [0.4, 0.5) is 23.3 Å². The van der Waals surface area contributed by atoms with Gasteiger partial charge in [-0.25, -0.2) is 19.9 Å². The maximum Gasteiger partial charge on any atom is 0.230 e. The molecule has 18 heteroatoms. The summed E-state index contributed by atoms with van der Waals surface area (Å²) >= 11 is 0. The van der Waals surface area contributed by atoms with Crippen LogP contribution in [0.15, 0.2) is 98.4 Å². The minimum absolute atomic E-state index is 0.190. The maximum absolute atomic E-state index is 12.3. The molecule has 8 aromatic rings. The quantitative estimate of drug-likeness (QED) is 0.110. The summed E-state index contributed by atoms with van der Waals surface area (Å²) in [7, 11) is 0. The molecule has 0 saturated heterocycles. The number of nitrogens with one attached hydrogen (secondary N) is 4. The number of aromatic nitrogens is 10. The molecule has 2 amide bonds. The summed E-state index contributed by atoms with van der Waals surface area (Å²) in [5.41, 5.74) is 19.0. The van der Waals surface area contributed by atoms with E-state index in [0.29, 0.717) is 58.3 Å². The second kappa shape index (κ2) is 15.4. The first-order valence-corrected chi connectivity index (χ1v) is 18.7. The Morgan fingerprint density at radius 3 is 1.47 bits per heavy atom. The molecule has 60 heavy (non-hydrogen) atoms. The highest BCUT2D eigenvalue weighted by Crippen LogP contribution is 2.40. The molecule has 2 aliphatic carbocycles. The van der Waals surface area contributed by atoms with Crippen molar-refractivity contribution in [2.24, 2.45) is 23.7 Å². The number of pyridine rings is 6. The zero-order chi connectivity index (χ0) is 41.3. The number of carbonyl (C=O) groups excluding carboxylic acids is 2. The van der Waals surface area contributed by atoms with Gasteiger partial charge in [0.2, 0.25) is 11.8 Å². The first kappa shape index (κ1) is 37.0. The van der Waals surface area contributed by atoms with Gasteiger partial charge in [-0.2, -0.15) is 20.7 Å². The van der Waals surface area contributed by atoms with Gasteiger partial charge in [0.15, 0.2) is 0 Å². The smallest absolute Gasteiger partial charge is 0.230 e. The van der Waals surface area contributed by atoms with Crippen LogP contribution in [0.5, 0.6) is 0 Å². The number of hydrogen-bond donors (Lipinski definition) is 6. The molecule has 0 spiro atoms. The number of amides is 2. The normalized spacial score (nSPS) is 17.4. The largest absolute Gasteiger partial charge is 0.383 e. The van der Waals surface area contributed by atoms with E-state index in [1.807, 2.05) is 24.3 Å². The van der Waals surface area contributed by atoms with Crippen molar-refractivity contribution < 1.29 is 9.59 Å². The molecule has 0 bridgehead atoms. The zero-order valence-corrected chi connectivity index (χ0v) is 31.4. The number of hydrogen-bond acceptors (Lipinski definition) is 14. The Bertz CT molecular complexity index is 2820. The van der Waals surface area contributed by atoms with Gasteiger partial charge in [0.1, 0.15) is 23.3 Å². The second-order valence-corrected chi connectivity index (χ2v) is 14.3. The van der Waals surface area contributed by atoms with Crippen molar-refractivity contribution >= 4 is 56.6 Å². The summed E-state index contributed by atoms with van der Waals surface area (Å²) in [6.45, 7) is 0. The minimum atomic E-state index is -0.265. The van der Waals surface area contributed by atoms with Crippen molar-refractivity contribution in [1.82, 2.24) is 50.3 Å². The molecule has 2 saturated carbocycles. The Kier molecular flexibility index (Phi) is 9.47. The van der Waals surface area contributed by atoms with Gasteiger partial charge < -0.3 is 22.1 Å². The van der Waals surface area contributed by atoms with E-state index >= 15 is 0 Å². The Morgan fingerprint density at radius 1 is 0.633 bits per heavy atom. The monoisotopic (exact) mass is 792 g/mol. The van der Waals surface area contributed by atoms with Crippen LogP contribution in [-0.4, -0.2) is 62.1 Å². The third-order valence-electron chi connectivity index (χ3n) is 10.4. The van der Waals surface area contributed by atoms with Crippen LogP contribution in [0.3, 0.4) is 0 Å². The van der Waals surface area contributed by atoms with Gasteiger partial charge in [-0.05, 0) is 71.1 Å². The van der Waals surface area contributed by atoms with Crippen LogP contribution < -0.4 is 22.1 Å². The van der Waals surface area contributed by atoms with Gasteiger partial charge in [0.25, 0.3) is 0 Å². The van der Waals surface area contributed by atoms with E-state index in [9.17, 15) is 9.59 Å². The summed E-state index contributed by atoms with van der Waals surface area (Å²) < 4.78 is 0. The first-order chi connectivity index (χ1) is 29.3. The maximum atomic E-state index is 12.3. The van der Waals surface area contributed by atoms with Gasteiger partial charge in [-0.15, -0.1) is 0 Å². The number of nitrogens with two attached hydrogens (primary N) is 2. The third kappa shape index (κ3) is 7.35. The molecule has 2 fully saturated rings. The Labute approximate surface area is 340 Å². The molecule has 0 unspecified atom stereocenters. The van der Waals surface area contributed by atoms with E-state index in [4.69, 9.17) is 22.0 Å². The van der Waals surface area contributed by atoms with Gasteiger partial charge in [0, 0.05) is 82.6 Å². The predicted octanol–water partition coefficient (Wildman–Crippen LogP) is 5.52. The average molecular weight is 793 g/mol. The van der Waals surface area contributed by atoms with Gasteiger partial charge in [0.05, 0.1) is 59.6 Å². The molecular weight excluding hydrogens is 761 g/mol. The number of nitrogens with zero attached hydrogens (tertiary/aromatic N) is 10.